The zero-order valence-electron chi connectivity index (χ0n) is 14.9. The van der Waals surface area contributed by atoms with Gasteiger partial charge in [0.1, 0.15) is 5.58 Å². The van der Waals surface area contributed by atoms with Crippen molar-refractivity contribution in [3.8, 4) is 0 Å². The van der Waals surface area contributed by atoms with Crippen molar-refractivity contribution in [2.45, 2.75) is 40.3 Å². The number of hydrogen-bond donors (Lipinski definition) is 0. The highest BCUT2D eigenvalue weighted by molar-refractivity contribution is 5.76. The van der Waals surface area contributed by atoms with E-state index in [1.54, 1.807) is 18.4 Å². The zero-order chi connectivity index (χ0) is 17.8. The lowest BCUT2D eigenvalue weighted by molar-refractivity contribution is 0.256. The van der Waals surface area contributed by atoms with Crippen molar-refractivity contribution in [2.24, 2.45) is 5.92 Å². The Bertz CT molecular complexity index is 898. The summed E-state index contributed by atoms with van der Waals surface area (Å²) < 4.78 is 10.9. The minimum absolute atomic E-state index is 0.00825. The molecule has 0 spiro atoms. The first-order chi connectivity index (χ1) is 12.1. The van der Waals surface area contributed by atoms with Crippen LogP contribution in [0, 0.1) is 5.92 Å². The maximum atomic E-state index is 12.6. The minimum Gasteiger partial charge on any atom is -0.464 e. The first-order valence-corrected chi connectivity index (χ1v) is 8.60. The lowest BCUT2D eigenvalue weighted by Crippen LogP contribution is -2.26. The molecule has 6 nitrogen and oxygen atoms in total. The first kappa shape index (κ1) is 17.4. The molecular weight excluding hydrogens is 318 g/mol. The van der Waals surface area contributed by atoms with Crippen molar-refractivity contribution in [1.29, 1.82) is 0 Å². The molecule has 0 aliphatic rings. The van der Waals surface area contributed by atoms with Crippen LogP contribution >= 0.6 is 0 Å². The smallest absolute Gasteiger partial charge is 0.226 e. The summed E-state index contributed by atoms with van der Waals surface area (Å²) >= 11 is 0. The van der Waals surface area contributed by atoms with Crippen LogP contribution in [0.3, 0.4) is 0 Å². The largest absolute Gasteiger partial charge is 0.464 e. The third kappa shape index (κ3) is 4.14. The monoisotopic (exact) mass is 341 g/mol. The highest BCUT2D eigenvalue weighted by atomic mass is 16.5. The Balaban J connectivity index is 1.75. The minimum atomic E-state index is 0.00825. The van der Waals surface area contributed by atoms with Gasteiger partial charge in [0.25, 0.3) is 0 Å². The van der Waals surface area contributed by atoms with E-state index in [2.05, 4.69) is 28.9 Å². The van der Waals surface area contributed by atoms with Gasteiger partial charge in [0, 0.05) is 18.5 Å². The van der Waals surface area contributed by atoms with E-state index < -0.39 is 0 Å². The zero-order valence-corrected chi connectivity index (χ0v) is 14.9. The van der Waals surface area contributed by atoms with Crippen LogP contribution in [0.25, 0.3) is 11.0 Å². The van der Waals surface area contributed by atoms with Crippen LogP contribution < -0.4 is 5.43 Å². The van der Waals surface area contributed by atoms with Gasteiger partial charge in [0.05, 0.1) is 18.2 Å². The molecule has 0 bridgehead atoms. The normalized spacial score (nSPS) is 11.7. The van der Waals surface area contributed by atoms with Crippen molar-refractivity contribution in [3.05, 3.63) is 58.0 Å². The molecule has 0 N–H and O–H groups in total. The number of aromatic nitrogens is 2. The number of benzene rings is 1. The molecule has 6 heteroatoms. The fourth-order valence-corrected chi connectivity index (χ4v) is 2.73. The van der Waals surface area contributed by atoms with Gasteiger partial charge in [-0.05, 0) is 24.6 Å². The molecule has 3 aromatic rings. The van der Waals surface area contributed by atoms with Crippen molar-refractivity contribution in [1.82, 2.24) is 15.0 Å². The molecule has 0 saturated carbocycles. The maximum Gasteiger partial charge on any atom is 0.226 e. The van der Waals surface area contributed by atoms with Gasteiger partial charge in [-0.2, -0.15) is 4.98 Å². The summed E-state index contributed by atoms with van der Waals surface area (Å²) in [5.41, 5.74) is 1.25. The summed E-state index contributed by atoms with van der Waals surface area (Å²) in [5.74, 6) is 1.77. The predicted octanol–water partition coefficient (Wildman–Crippen LogP) is 3.40. The van der Waals surface area contributed by atoms with E-state index in [0.29, 0.717) is 47.3 Å². The molecular formula is C19H23N3O3. The molecule has 2 aromatic heterocycles. The summed E-state index contributed by atoms with van der Waals surface area (Å²) in [6.07, 6.45) is 2.32. The van der Waals surface area contributed by atoms with Crippen LogP contribution in [0.4, 0.5) is 0 Å². The van der Waals surface area contributed by atoms with Gasteiger partial charge < -0.3 is 8.94 Å². The molecule has 2 heterocycles. The van der Waals surface area contributed by atoms with Crippen molar-refractivity contribution >= 4 is 11.0 Å². The van der Waals surface area contributed by atoms with Gasteiger partial charge in [0.15, 0.2) is 11.3 Å². The molecule has 0 amide bonds. The Kier molecular flexibility index (Phi) is 5.28. The lowest BCUT2D eigenvalue weighted by Gasteiger charge is -2.17. The second kappa shape index (κ2) is 7.61. The van der Waals surface area contributed by atoms with E-state index in [4.69, 9.17) is 8.94 Å². The van der Waals surface area contributed by atoms with Crippen molar-refractivity contribution < 1.29 is 8.94 Å². The third-order valence-electron chi connectivity index (χ3n) is 4.05. The molecule has 0 aliphatic carbocycles. The van der Waals surface area contributed by atoms with Gasteiger partial charge >= 0.3 is 0 Å². The molecule has 3 rings (SSSR count). The van der Waals surface area contributed by atoms with E-state index in [1.165, 1.54) is 0 Å². The Morgan fingerprint density at radius 3 is 2.76 bits per heavy atom. The van der Waals surface area contributed by atoms with Crippen LogP contribution in [0.2, 0.25) is 0 Å². The molecule has 0 atom stereocenters. The summed E-state index contributed by atoms with van der Waals surface area (Å²) in [5, 5.41) is 4.65. The van der Waals surface area contributed by atoms with E-state index in [-0.39, 0.29) is 5.43 Å². The molecule has 132 valence electrons. The highest BCUT2D eigenvalue weighted by Crippen LogP contribution is 2.13. The van der Waals surface area contributed by atoms with Gasteiger partial charge in [-0.1, -0.05) is 38.1 Å². The summed E-state index contributed by atoms with van der Waals surface area (Å²) in [6.45, 7) is 8.04. The average molecular weight is 341 g/mol. The van der Waals surface area contributed by atoms with E-state index in [1.807, 2.05) is 19.1 Å². The van der Waals surface area contributed by atoms with E-state index in [0.717, 1.165) is 13.0 Å². The molecule has 0 aliphatic heterocycles. The molecule has 0 fully saturated rings. The first-order valence-electron chi connectivity index (χ1n) is 8.60. The van der Waals surface area contributed by atoms with Crippen LogP contribution in [0.1, 0.15) is 38.0 Å². The van der Waals surface area contributed by atoms with E-state index in [9.17, 15) is 4.79 Å². The Labute approximate surface area is 146 Å². The van der Waals surface area contributed by atoms with Gasteiger partial charge in [0.2, 0.25) is 5.89 Å². The third-order valence-corrected chi connectivity index (χ3v) is 4.05. The predicted molar refractivity (Wildman–Crippen MR) is 95.1 cm³/mol. The van der Waals surface area contributed by atoms with Crippen LogP contribution in [0.15, 0.2) is 44.3 Å². The number of rotatable bonds is 7. The highest BCUT2D eigenvalue weighted by Gasteiger charge is 2.14. The number of para-hydroxylation sites is 1. The average Bonchev–Trinajstić information content (AvgIpc) is 3.03. The Morgan fingerprint density at radius 2 is 2.00 bits per heavy atom. The van der Waals surface area contributed by atoms with Gasteiger partial charge in [-0.3, -0.25) is 9.69 Å². The summed E-state index contributed by atoms with van der Waals surface area (Å²) in [4.78, 5) is 19.1. The summed E-state index contributed by atoms with van der Waals surface area (Å²) in [6, 6.07) is 7.29. The quantitative estimate of drug-likeness (QED) is 0.656. The molecule has 0 saturated heterocycles. The SMILES string of the molecule is CCN(Cc1noc(CC(C)C)n1)Cc1coc2ccccc2c1=O. The number of hydrogen-bond acceptors (Lipinski definition) is 6. The standard InChI is InChI=1S/C19H23N3O3/c1-4-22(11-17-20-18(25-21-17)9-13(2)3)10-14-12-24-16-8-6-5-7-15(16)19(14)23/h5-8,12-13H,4,9-11H2,1-3H3. The van der Waals surface area contributed by atoms with Crippen molar-refractivity contribution in [2.75, 3.05) is 6.54 Å². The molecule has 0 unspecified atom stereocenters. The molecule has 1 aromatic carbocycles. The van der Waals surface area contributed by atoms with Gasteiger partial charge in [-0.15, -0.1) is 0 Å². The fourth-order valence-electron chi connectivity index (χ4n) is 2.73. The number of nitrogens with zero attached hydrogens (tertiary/aromatic N) is 3. The lowest BCUT2D eigenvalue weighted by atomic mass is 10.1. The number of fused-ring (bicyclic) bond motifs is 1. The van der Waals surface area contributed by atoms with Crippen LogP contribution in [-0.4, -0.2) is 21.6 Å². The van der Waals surface area contributed by atoms with Crippen LogP contribution in [-0.2, 0) is 19.5 Å². The van der Waals surface area contributed by atoms with E-state index >= 15 is 0 Å². The Hall–Kier alpha value is -2.47. The topological polar surface area (TPSA) is 72.4 Å². The van der Waals surface area contributed by atoms with Gasteiger partial charge in [-0.25, -0.2) is 0 Å². The van der Waals surface area contributed by atoms with Crippen LogP contribution in [0.5, 0.6) is 0 Å². The second-order valence-electron chi connectivity index (χ2n) is 6.59. The summed E-state index contributed by atoms with van der Waals surface area (Å²) in [7, 11) is 0. The van der Waals surface area contributed by atoms with Crippen molar-refractivity contribution in [3.63, 3.8) is 0 Å². The fraction of sp³-hybridized carbons (Fsp3) is 0.421. The molecule has 25 heavy (non-hydrogen) atoms. The molecule has 0 radical (unpaired) electrons. The second-order valence-corrected chi connectivity index (χ2v) is 6.59. The Morgan fingerprint density at radius 1 is 1.20 bits per heavy atom. The maximum absolute atomic E-state index is 12.6.